The molecule has 0 fully saturated rings. The second-order valence-corrected chi connectivity index (χ2v) is 9.14. The number of nitrogens with one attached hydrogen (secondary N) is 2. The smallest absolute Gasteiger partial charge is 0.251 e. The van der Waals surface area contributed by atoms with Crippen LogP contribution in [0.25, 0.3) is 0 Å². The molecule has 0 spiro atoms. The van der Waals surface area contributed by atoms with E-state index in [1.807, 2.05) is 6.92 Å². The highest BCUT2D eigenvalue weighted by Gasteiger charge is 2.21. The number of hydrogen-bond donors (Lipinski definition) is 2. The van der Waals surface area contributed by atoms with Crippen molar-refractivity contribution in [1.29, 1.82) is 0 Å². The van der Waals surface area contributed by atoms with E-state index in [0.29, 0.717) is 36.0 Å². The fourth-order valence-electron chi connectivity index (χ4n) is 2.69. The minimum Gasteiger partial charge on any atom is -0.325 e. The van der Waals surface area contributed by atoms with Gasteiger partial charge in [-0.25, -0.2) is 13.4 Å². The van der Waals surface area contributed by atoms with E-state index in [9.17, 15) is 18.0 Å². The van der Waals surface area contributed by atoms with Crippen molar-refractivity contribution in [3.8, 4) is 0 Å². The zero-order valence-corrected chi connectivity index (χ0v) is 18.4. The number of amides is 1. The molecule has 0 radical (unpaired) electrons. The van der Waals surface area contributed by atoms with E-state index in [2.05, 4.69) is 15.3 Å². The summed E-state index contributed by atoms with van der Waals surface area (Å²) in [6, 6.07) is 7.52. The van der Waals surface area contributed by atoms with Gasteiger partial charge in [0.05, 0.1) is 10.6 Å². The number of sulfonamides is 1. The number of anilines is 1. The standard InChI is InChI=1S/C19H26N4O4S2/c1-4-7-15-12-17(24)22-19(21-15)28-13-18(25)20-14-8-10-16(11-9-14)29(26,27)23(5-2)6-3/h8-12H,4-7,13H2,1-3H3,(H,20,25)(H,21,22,24). The molecule has 158 valence electrons. The van der Waals surface area contributed by atoms with E-state index in [4.69, 9.17) is 0 Å². The van der Waals surface area contributed by atoms with Gasteiger partial charge in [0.25, 0.3) is 5.56 Å². The minimum absolute atomic E-state index is 0.0675. The van der Waals surface area contributed by atoms with E-state index in [0.717, 1.165) is 18.2 Å². The molecule has 0 aliphatic carbocycles. The van der Waals surface area contributed by atoms with E-state index < -0.39 is 10.0 Å². The summed E-state index contributed by atoms with van der Waals surface area (Å²) < 4.78 is 26.3. The number of carbonyl (C=O) groups is 1. The Labute approximate surface area is 175 Å². The summed E-state index contributed by atoms with van der Waals surface area (Å²) in [4.78, 5) is 31.0. The number of aromatic amines is 1. The Balaban J connectivity index is 1.99. The summed E-state index contributed by atoms with van der Waals surface area (Å²) in [6.45, 7) is 6.36. The van der Waals surface area contributed by atoms with Crippen molar-refractivity contribution < 1.29 is 13.2 Å². The molecule has 1 amide bonds. The molecular weight excluding hydrogens is 412 g/mol. The van der Waals surface area contributed by atoms with Gasteiger partial charge in [-0.1, -0.05) is 39.0 Å². The van der Waals surface area contributed by atoms with Crippen LogP contribution in [0, 0.1) is 0 Å². The van der Waals surface area contributed by atoms with Crippen LogP contribution in [0.2, 0.25) is 0 Å². The number of thioether (sulfide) groups is 1. The molecule has 0 saturated carbocycles. The molecule has 0 aliphatic heterocycles. The van der Waals surface area contributed by atoms with Gasteiger partial charge in [0.1, 0.15) is 0 Å². The second-order valence-electron chi connectivity index (χ2n) is 6.24. The Morgan fingerprint density at radius 1 is 1.17 bits per heavy atom. The third-order valence-electron chi connectivity index (χ3n) is 4.10. The molecule has 2 N–H and O–H groups in total. The molecule has 1 aromatic carbocycles. The summed E-state index contributed by atoms with van der Waals surface area (Å²) in [7, 11) is -3.53. The maximum Gasteiger partial charge on any atom is 0.251 e. The van der Waals surface area contributed by atoms with Crippen molar-refractivity contribution in [2.75, 3.05) is 24.2 Å². The number of benzene rings is 1. The highest BCUT2D eigenvalue weighted by atomic mass is 32.2. The molecule has 8 nitrogen and oxygen atoms in total. The monoisotopic (exact) mass is 438 g/mol. The first kappa shape index (κ1) is 23.1. The van der Waals surface area contributed by atoms with E-state index in [1.165, 1.54) is 22.5 Å². The number of rotatable bonds is 10. The Hall–Kier alpha value is -2.17. The number of nitrogens with zero attached hydrogens (tertiary/aromatic N) is 2. The van der Waals surface area contributed by atoms with E-state index in [-0.39, 0.29) is 22.1 Å². The molecule has 0 bridgehead atoms. The lowest BCUT2D eigenvalue weighted by Crippen LogP contribution is -2.30. The van der Waals surface area contributed by atoms with Crippen molar-refractivity contribution in [3.63, 3.8) is 0 Å². The van der Waals surface area contributed by atoms with Gasteiger partial charge in [-0.3, -0.25) is 9.59 Å². The Kier molecular flexibility index (Phi) is 8.42. The van der Waals surface area contributed by atoms with Crippen molar-refractivity contribution >= 4 is 33.4 Å². The lowest BCUT2D eigenvalue weighted by molar-refractivity contribution is -0.113. The highest BCUT2D eigenvalue weighted by molar-refractivity contribution is 7.99. The summed E-state index contributed by atoms with van der Waals surface area (Å²) >= 11 is 1.14. The van der Waals surface area contributed by atoms with Crippen molar-refractivity contribution in [2.24, 2.45) is 0 Å². The molecule has 2 aromatic rings. The van der Waals surface area contributed by atoms with Crippen LogP contribution in [0.5, 0.6) is 0 Å². The predicted molar refractivity (Wildman–Crippen MR) is 115 cm³/mol. The molecule has 1 aromatic heterocycles. The Morgan fingerprint density at radius 3 is 2.41 bits per heavy atom. The van der Waals surface area contributed by atoms with Gasteiger partial charge >= 0.3 is 0 Å². The average Bonchev–Trinajstić information content (AvgIpc) is 2.67. The topological polar surface area (TPSA) is 112 Å². The normalized spacial score (nSPS) is 11.6. The van der Waals surface area contributed by atoms with E-state index >= 15 is 0 Å². The number of carbonyl (C=O) groups excluding carboxylic acids is 1. The lowest BCUT2D eigenvalue weighted by atomic mass is 10.2. The fraction of sp³-hybridized carbons (Fsp3) is 0.421. The third kappa shape index (κ3) is 6.41. The van der Waals surface area contributed by atoms with Gasteiger partial charge in [0.2, 0.25) is 15.9 Å². The Bertz CT molecular complexity index is 984. The number of H-pyrrole nitrogens is 1. The molecule has 29 heavy (non-hydrogen) atoms. The first-order chi connectivity index (χ1) is 13.8. The fourth-order valence-corrected chi connectivity index (χ4v) is 4.84. The van der Waals surface area contributed by atoms with Crippen LogP contribution in [-0.4, -0.2) is 47.4 Å². The van der Waals surface area contributed by atoms with Crippen LogP contribution < -0.4 is 10.9 Å². The number of aryl methyl sites for hydroxylation is 1. The molecule has 10 heteroatoms. The molecule has 1 heterocycles. The second kappa shape index (κ2) is 10.6. The van der Waals surface area contributed by atoms with E-state index in [1.54, 1.807) is 26.0 Å². The van der Waals surface area contributed by atoms with Crippen molar-refractivity contribution in [1.82, 2.24) is 14.3 Å². The summed E-state index contributed by atoms with van der Waals surface area (Å²) in [5.41, 5.74) is 0.954. The zero-order chi connectivity index (χ0) is 21.4. The SMILES string of the molecule is CCCc1cc(=O)[nH]c(SCC(=O)Nc2ccc(S(=O)(=O)N(CC)CC)cc2)n1. The van der Waals surface area contributed by atoms with Crippen molar-refractivity contribution in [2.45, 2.75) is 43.7 Å². The van der Waals surface area contributed by atoms with Crippen LogP contribution in [-0.2, 0) is 21.2 Å². The first-order valence-electron chi connectivity index (χ1n) is 9.43. The van der Waals surface area contributed by atoms with Crippen molar-refractivity contribution in [3.05, 3.63) is 46.4 Å². The number of hydrogen-bond acceptors (Lipinski definition) is 6. The summed E-state index contributed by atoms with van der Waals surface area (Å²) in [6.07, 6.45) is 1.58. The average molecular weight is 439 g/mol. The van der Waals surface area contributed by atoms with Gasteiger partial charge in [0, 0.05) is 30.5 Å². The molecular formula is C19H26N4O4S2. The van der Waals surface area contributed by atoms with Gasteiger partial charge in [-0.05, 0) is 30.7 Å². The first-order valence-corrected chi connectivity index (χ1v) is 11.9. The molecule has 0 unspecified atom stereocenters. The Morgan fingerprint density at radius 2 is 1.83 bits per heavy atom. The third-order valence-corrected chi connectivity index (χ3v) is 7.04. The van der Waals surface area contributed by atoms with Crippen LogP contribution in [0.15, 0.2) is 45.2 Å². The van der Waals surface area contributed by atoms with Crippen LogP contribution >= 0.6 is 11.8 Å². The van der Waals surface area contributed by atoms with Crippen LogP contribution in [0.3, 0.4) is 0 Å². The quantitative estimate of drug-likeness (QED) is 0.435. The lowest BCUT2D eigenvalue weighted by Gasteiger charge is -2.18. The molecule has 0 saturated heterocycles. The minimum atomic E-state index is -3.53. The predicted octanol–water partition coefficient (Wildman–Crippen LogP) is 2.48. The maximum absolute atomic E-state index is 12.5. The molecule has 0 aliphatic rings. The summed E-state index contributed by atoms with van der Waals surface area (Å²) in [5, 5.41) is 3.11. The van der Waals surface area contributed by atoms with Crippen LogP contribution in [0.1, 0.15) is 32.9 Å². The van der Waals surface area contributed by atoms with Gasteiger partial charge in [0.15, 0.2) is 5.16 Å². The number of aromatic nitrogens is 2. The van der Waals surface area contributed by atoms with Gasteiger partial charge in [-0.2, -0.15) is 4.31 Å². The maximum atomic E-state index is 12.5. The van der Waals surface area contributed by atoms with Gasteiger partial charge < -0.3 is 10.3 Å². The van der Waals surface area contributed by atoms with Gasteiger partial charge in [-0.15, -0.1) is 0 Å². The molecule has 2 rings (SSSR count). The highest BCUT2D eigenvalue weighted by Crippen LogP contribution is 2.19. The molecule has 0 atom stereocenters. The largest absolute Gasteiger partial charge is 0.325 e. The van der Waals surface area contributed by atoms with Crippen LogP contribution in [0.4, 0.5) is 5.69 Å². The zero-order valence-electron chi connectivity index (χ0n) is 16.8. The summed E-state index contributed by atoms with van der Waals surface area (Å²) in [5.74, 6) is -0.212.